The number of halogens is 1. The zero-order valence-corrected chi connectivity index (χ0v) is 13.4. The summed E-state index contributed by atoms with van der Waals surface area (Å²) in [5.74, 6) is -1.42. The number of carbonyl (C=O) groups excluding carboxylic acids is 1. The number of hydrogen-bond donors (Lipinski definition) is 2. The molecule has 0 aliphatic heterocycles. The van der Waals surface area contributed by atoms with Crippen LogP contribution in [0.4, 0.5) is 0 Å². The largest absolute Gasteiger partial charge is 0.476 e. The van der Waals surface area contributed by atoms with E-state index in [0.717, 1.165) is 10.0 Å². The minimum Gasteiger partial charge on any atom is -0.476 e. The molecule has 1 heterocycles. The van der Waals surface area contributed by atoms with Crippen LogP contribution in [0.2, 0.25) is 0 Å². The van der Waals surface area contributed by atoms with Crippen LogP contribution < -0.4 is 5.32 Å². The van der Waals surface area contributed by atoms with E-state index in [-0.39, 0.29) is 24.2 Å². The van der Waals surface area contributed by atoms with E-state index in [4.69, 9.17) is 5.11 Å². The Morgan fingerprint density at radius 2 is 2.05 bits per heavy atom. The average molecular weight is 367 g/mol. The van der Waals surface area contributed by atoms with Gasteiger partial charge in [-0.1, -0.05) is 33.3 Å². The summed E-state index contributed by atoms with van der Waals surface area (Å²) in [6.07, 6.45) is 1.93. The van der Waals surface area contributed by atoms with E-state index in [1.807, 2.05) is 31.2 Å². The molecule has 1 unspecified atom stereocenters. The molecular weight excluding hydrogens is 352 g/mol. The standard InChI is InChI=1S/C14H15BrN4O3/c1-9(6-10-2-4-11(15)5-3-10)16-13(20)8-19-7-12(14(21)22)17-18-19/h2-5,7,9H,6,8H2,1H3,(H,16,20)(H,21,22). The lowest BCUT2D eigenvalue weighted by atomic mass is 10.1. The highest BCUT2D eigenvalue weighted by Crippen LogP contribution is 2.11. The second-order valence-corrected chi connectivity index (χ2v) is 5.82. The van der Waals surface area contributed by atoms with Crippen LogP contribution in [0, 0.1) is 0 Å². The average Bonchev–Trinajstić information content (AvgIpc) is 2.89. The van der Waals surface area contributed by atoms with Gasteiger partial charge in [-0.3, -0.25) is 4.79 Å². The summed E-state index contributed by atoms with van der Waals surface area (Å²) in [4.78, 5) is 22.6. The van der Waals surface area contributed by atoms with Gasteiger partial charge in [-0.15, -0.1) is 5.10 Å². The summed E-state index contributed by atoms with van der Waals surface area (Å²) in [7, 11) is 0. The molecule has 22 heavy (non-hydrogen) atoms. The van der Waals surface area contributed by atoms with Crippen LogP contribution in [0.25, 0.3) is 0 Å². The van der Waals surface area contributed by atoms with Gasteiger partial charge in [0, 0.05) is 10.5 Å². The van der Waals surface area contributed by atoms with Gasteiger partial charge in [-0.25, -0.2) is 9.48 Å². The molecule has 1 amide bonds. The molecule has 0 aliphatic rings. The van der Waals surface area contributed by atoms with Gasteiger partial charge in [-0.2, -0.15) is 0 Å². The van der Waals surface area contributed by atoms with E-state index in [2.05, 4.69) is 31.6 Å². The molecule has 0 spiro atoms. The number of carbonyl (C=O) groups is 2. The second-order valence-electron chi connectivity index (χ2n) is 4.91. The van der Waals surface area contributed by atoms with E-state index in [0.29, 0.717) is 6.42 Å². The quantitative estimate of drug-likeness (QED) is 0.806. The van der Waals surface area contributed by atoms with Gasteiger partial charge in [0.25, 0.3) is 0 Å². The fourth-order valence-electron chi connectivity index (χ4n) is 1.97. The third-order valence-corrected chi connectivity index (χ3v) is 3.45. The predicted octanol–water partition coefficient (Wildman–Crippen LogP) is 1.49. The maximum Gasteiger partial charge on any atom is 0.358 e. The summed E-state index contributed by atoms with van der Waals surface area (Å²) >= 11 is 3.37. The third-order valence-electron chi connectivity index (χ3n) is 2.93. The normalized spacial score (nSPS) is 11.9. The van der Waals surface area contributed by atoms with Crippen LogP contribution in [0.1, 0.15) is 23.0 Å². The molecule has 2 rings (SSSR count). The number of nitrogens with zero attached hydrogens (tertiary/aromatic N) is 3. The predicted molar refractivity (Wildman–Crippen MR) is 82.4 cm³/mol. The Bertz CT molecular complexity index is 669. The van der Waals surface area contributed by atoms with Gasteiger partial charge in [0.15, 0.2) is 5.69 Å². The number of aromatic carboxylic acids is 1. The minimum atomic E-state index is -1.17. The van der Waals surface area contributed by atoms with Crippen molar-refractivity contribution in [3.05, 3.63) is 46.2 Å². The maximum absolute atomic E-state index is 11.9. The van der Waals surface area contributed by atoms with E-state index < -0.39 is 5.97 Å². The SMILES string of the molecule is CC(Cc1ccc(Br)cc1)NC(=O)Cn1cc(C(=O)O)nn1. The first-order valence-electron chi connectivity index (χ1n) is 6.61. The van der Waals surface area contributed by atoms with Crippen molar-refractivity contribution in [2.45, 2.75) is 25.9 Å². The molecule has 7 nitrogen and oxygen atoms in total. The summed E-state index contributed by atoms with van der Waals surface area (Å²) in [5.41, 5.74) is 0.931. The number of nitrogens with one attached hydrogen (secondary N) is 1. The molecule has 8 heteroatoms. The van der Waals surface area contributed by atoms with E-state index in [1.165, 1.54) is 10.9 Å². The molecule has 116 valence electrons. The number of amides is 1. The van der Waals surface area contributed by atoms with Crippen molar-refractivity contribution in [2.75, 3.05) is 0 Å². The van der Waals surface area contributed by atoms with Gasteiger partial charge in [-0.05, 0) is 31.0 Å². The number of carboxylic acid groups (broad SMARTS) is 1. The smallest absolute Gasteiger partial charge is 0.358 e. The Morgan fingerprint density at radius 3 is 2.64 bits per heavy atom. The lowest BCUT2D eigenvalue weighted by Gasteiger charge is -2.14. The molecule has 0 saturated carbocycles. The summed E-state index contributed by atoms with van der Waals surface area (Å²) in [6, 6.07) is 7.84. The number of benzene rings is 1. The van der Waals surface area contributed by atoms with Crippen molar-refractivity contribution in [3.8, 4) is 0 Å². The van der Waals surface area contributed by atoms with Crippen molar-refractivity contribution < 1.29 is 14.7 Å². The van der Waals surface area contributed by atoms with Crippen LogP contribution in [-0.4, -0.2) is 38.0 Å². The molecular formula is C14H15BrN4O3. The fourth-order valence-corrected chi connectivity index (χ4v) is 2.23. The van der Waals surface area contributed by atoms with Gasteiger partial charge in [0.05, 0.1) is 6.20 Å². The Morgan fingerprint density at radius 1 is 1.36 bits per heavy atom. The summed E-state index contributed by atoms with van der Waals surface area (Å²) in [6.45, 7) is 1.84. The van der Waals surface area contributed by atoms with Crippen LogP contribution in [0.3, 0.4) is 0 Å². The number of hydrogen-bond acceptors (Lipinski definition) is 4. The topological polar surface area (TPSA) is 97.1 Å². The monoisotopic (exact) mass is 366 g/mol. The third kappa shape index (κ3) is 4.66. The van der Waals surface area contributed by atoms with Crippen molar-refractivity contribution >= 4 is 27.8 Å². The Hall–Kier alpha value is -2.22. The van der Waals surface area contributed by atoms with Crippen LogP contribution in [-0.2, 0) is 17.8 Å². The first-order chi connectivity index (χ1) is 10.4. The molecule has 0 saturated heterocycles. The van der Waals surface area contributed by atoms with Crippen molar-refractivity contribution in [1.29, 1.82) is 0 Å². The van der Waals surface area contributed by atoms with Crippen LogP contribution >= 0.6 is 15.9 Å². The molecule has 0 bridgehead atoms. The van der Waals surface area contributed by atoms with Crippen molar-refractivity contribution in [3.63, 3.8) is 0 Å². The van der Waals surface area contributed by atoms with Gasteiger partial charge >= 0.3 is 5.97 Å². The molecule has 0 radical (unpaired) electrons. The van der Waals surface area contributed by atoms with E-state index in [9.17, 15) is 9.59 Å². The minimum absolute atomic E-state index is 0.0452. The zero-order chi connectivity index (χ0) is 16.1. The maximum atomic E-state index is 11.9. The zero-order valence-electron chi connectivity index (χ0n) is 11.9. The molecule has 1 aromatic carbocycles. The number of aromatic nitrogens is 3. The van der Waals surface area contributed by atoms with Crippen LogP contribution in [0.5, 0.6) is 0 Å². The lowest BCUT2D eigenvalue weighted by Crippen LogP contribution is -2.36. The first kappa shape index (κ1) is 16.2. The van der Waals surface area contributed by atoms with Crippen LogP contribution in [0.15, 0.2) is 34.9 Å². The lowest BCUT2D eigenvalue weighted by molar-refractivity contribution is -0.122. The summed E-state index contributed by atoms with van der Waals surface area (Å²) < 4.78 is 2.21. The molecule has 1 atom stereocenters. The molecule has 2 aromatic rings. The van der Waals surface area contributed by atoms with Gasteiger partial charge < -0.3 is 10.4 Å². The molecule has 1 aromatic heterocycles. The fraction of sp³-hybridized carbons (Fsp3) is 0.286. The highest BCUT2D eigenvalue weighted by molar-refractivity contribution is 9.10. The van der Waals surface area contributed by atoms with Crippen molar-refractivity contribution in [1.82, 2.24) is 20.3 Å². The summed E-state index contributed by atoms with van der Waals surface area (Å²) in [5, 5.41) is 18.6. The number of rotatable bonds is 6. The van der Waals surface area contributed by atoms with Crippen molar-refractivity contribution in [2.24, 2.45) is 0 Å². The highest BCUT2D eigenvalue weighted by Gasteiger charge is 2.12. The Balaban J connectivity index is 1.85. The second kappa shape index (κ2) is 7.17. The number of carboxylic acids is 1. The Labute approximate surface area is 135 Å². The van der Waals surface area contributed by atoms with Gasteiger partial charge in [0.1, 0.15) is 6.54 Å². The van der Waals surface area contributed by atoms with Gasteiger partial charge in [0.2, 0.25) is 5.91 Å². The van der Waals surface area contributed by atoms with E-state index in [1.54, 1.807) is 0 Å². The Kier molecular flexibility index (Phi) is 5.26. The molecule has 0 aliphatic carbocycles. The molecule has 0 fully saturated rings. The molecule has 2 N–H and O–H groups in total. The highest BCUT2D eigenvalue weighted by atomic mass is 79.9. The first-order valence-corrected chi connectivity index (χ1v) is 7.40. The van der Waals surface area contributed by atoms with E-state index >= 15 is 0 Å².